The van der Waals surface area contributed by atoms with Gasteiger partial charge in [-0.25, -0.2) is 4.39 Å². The third-order valence-corrected chi connectivity index (χ3v) is 3.29. The van der Waals surface area contributed by atoms with Gasteiger partial charge in [-0.3, -0.25) is 9.59 Å². The van der Waals surface area contributed by atoms with Crippen molar-refractivity contribution in [2.75, 3.05) is 5.32 Å². The van der Waals surface area contributed by atoms with Crippen molar-refractivity contribution in [3.63, 3.8) is 0 Å². The summed E-state index contributed by atoms with van der Waals surface area (Å²) in [4.78, 5) is 23.4. The predicted molar refractivity (Wildman–Crippen MR) is 83.3 cm³/mol. The van der Waals surface area contributed by atoms with Crippen LogP contribution in [0.2, 0.25) is 10.0 Å². The van der Waals surface area contributed by atoms with Crippen molar-refractivity contribution in [2.24, 2.45) is 0 Å². The second-order valence-corrected chi connectivity index (χ2v) is 5.24. The molecule has 0 unspecified atom stereocenters. The monoisotopic (exact) mass is 340 g/mol. The summed E-state index contributed by atoms with van der Waals surface area (Å²) in [5.74, 6) is -2.28. The molecule has 0 aliphatic carbocycles. The van der Waals surface area contributed by atoms with E-state index in [0.717, 1.165) is 11.6 Å². The van der Waals surface area contributed by atoms with Crippen LogP contribution in [0.1, 0.15) is 5.56 Å². The van der Waals surface area contributed by atoms with Crippen molar-refractivity contribution in [3.05, 3.63) is 63.9 Å². The van der Waals surface area contributed by atoms with Crippen molar-refractivity contribution in [2.45, 2.75) is 6.54 Å². The highest BCUT2D eigenvalue weighted by atomic mass is 35.5. The van der Waals surface area contributed by atoms with E-state index in [0.29, 0.717) is 5.02 Å². The average molecular weight is 341 g/mol. The smallest absolute Gasteiger partial charge is 0.313 e. The summed E-state index contributed by atoms with van der Waals surface area (Å²) in [6.07, 6.45) is 0. The molecule has 2 amide bonds. The number of benzene rings is 2. The van der Waals surface area contributed by atoms with Gasteiger partial charge in [0.1, 0.15) is 5.82 Å². The lowest BCUT2D eigenvalue weighted by molar-refractivity contribution is -0.136. The third kappa shape index (κ3) is 4.44. The van der Waals surface area contributed by atoms with Gasteiger partial charge in [0.25, 0.3) is 0 Å². The zero-order valence-corrected chi connectivity index (χ0v) is 12.7. The van der Waals surface area contributed by atoms with Crippen LogP contribution in [-0.2, 0) is 16.1 Å². The van der Waals surface area contributed by atoms with E-state index in [1.54, 1.807) is 24.3 Å². The van der Waals surface area contributed by atoms with E-state index in [9.17, 15) is 14.0 Å². The molecule has 2 aromatic rings. The van der Waals surface area contributed by atoms with Crippen LogP contribution in [0.15, 0.2) is 42.5 Å². The Bertz CT molecular complexity index is 705. The molecular formula is C15H11Cl2FN2O2. The van der Waals surface area contributed by atoms with Crippen molar-refractivity contribution in [1.82, 2.24) is 5.32 Å². The van der Waals surface area contributed by atoms with Gasteiger partial charge < -0.3 is 10.6 Å². The number of carbonyl (C=O) groups excluding carboxylic acids is 2. The fourth-order valence-electron chi connectivity index (χ4n) is 1.63. The molecule has 2 aromatic carbocycles. The van der Waals surface area contributed by atoms with Gasteiger partial charge in [0.05, 0.1) is 5.02 Å². The van der Waals surface area contributed by atoms with Crippen LogP contribution in [0.25, 0.3) is 0 Å². The lowest BCUT2D eigenvalue weighted by Crippen LogP contribution is -2.34. The lowest BCUT2D eigenvalue weighted by Gasteiger charge is -2.07. The van der Waals surface area contributed by atoms with E-state index < -0.39 is 17.6 Å². The molecule has 0 bridgehead atoms. The van der Waals surface area contributed by atoms with Crippen LogP contribution in [0.5, 0.6) is 0 Å². The standard InChI is InChI=1S/C15H11Cl2FN2O2/c16-10-3-1-9(2-4-10)8-19-14(21)15(22)20-11-5-6-13(18)12(17)7-11/h1-7H,8H2,(H,19,21)(H,20,22). The Hall–Kier alpha value is -2.11. The topological polar surface area (TPSA) is 58.2 Å². The van der Waals surface area contributed by atoms with Crippen molar-refractivity contribution < 1.29 is 14.0 Å². The number of hydrogen-bond acceptors (Lipinski definition) is 2. The van der Waals surface area contributed by atoms with Crippen LogP contribution < -0.4 is 10.6 Å². The fourth-order valence-corrected chi connectivity index (χ4v) is 1.93. The van der Waals surface area contributed by atoms with E-state index >= 15 is 0 Å². The quantitative estimate of drug-likeness (QED) is 0.841. The normalized spacial score (nSPS) is 10.1. The second kappa shape index (κ2) is 7.24. The van der Waals surface area contributed by atoms with Crippen LogP contribution in [0.4, 0.5) is 10.1 Å². The van der Waals surface area contributed by atoms with Gasteiger partial charge in [-0.1, -0.05) is 35.3 Å². The fraction of sp³-hybridized carbons (Fsp3) is 0.0667. The SMILES string of the molecule is O=C(NCc1ccc(Cl)cc1)C(=O)Nc1ccc(F)c(Cl)c1. The molecule has 0 aliphatic rings. The van der Waals surface area contributed by atoms with Crippen LogP contribution in [-0.4, -0.2) is 11.8 Å². The minimum atomic E-state index is -0.864. The first kappa shape index (κ1) is 16.3. The molecule has 0 atom stereocenters. The van der Waals surface area contributed by atoms with Gasteiger partial charge in [-0.05, 0) is 35.9 Å². The number of amides is 2. The highest BCUT2D eigenvalue weighted by Gasteiger charge is 2.14. The van der Waals surface area contributed by atoms with Crippen molar-refractivity contribution in [1.29, 1.82) is 0 Å². The average Bonchev–Trinajstić information content (AvgIpc) is 2.50. The zero-order chi connectivity index (χ0) is 16.1. The van der Waals surface area contributed by atoms with Gasteiger partial charge in [-0.2, -0.15) is 0 Å². The highest BCUT2D eigenvalue weighted by molar-refractivity contribution is 6.39. The maximum atomic E-state index is 13.0. The Labute approximate surface area is 136 Å². The molecule has 0 aromatic heterocycles. The maximum Gasteiger partial charge on any atom is 0.313 e. The number of halogens is 3. The maximum absolute atomic E-state index is 13.0. The third-order valence-electron chi connectivity index (χ3n) is 2.75. The van der Waals surface area contributed by atoms with E-state index in [1.165, 1.54) is 12.1 Å². The Balaban J connectivity index is 1.90. The van der Waals surface area contributed by atoms with Gasteiger partial charge in [0.2, 0.25) is 0 Å². The molecule has 114 valence electrons. The van der Waals surface area contributed by atoms with Gasteiger partial charge >= 0.3 is 11.8 Å². The van der Waals surface area contributed by atoms with Gasteiger partial charge in [0, 0.05) is 17.3 Å². The van der Waals surface area contributed by atoms with Crippen molar-refractivity contribution >= 4 is 40.7 Å². The largest absolute Gasteiger partial charge is 0.344 e. The lowest BCUT2D eigenvalue weighted by atomic mass is 10.2. The Morgan fingerprint density at radius 1 is 1.00 bits per heavy atom. The molecule has 4 nitrogen and oxygen atoms in total. The summed E-state index contributed by atoms with van der Waals surface area (Å²) in [7, 11) is 0. The number of carbonyl (C=O) groups is 2. The molecule has 0 fully saturated rings. The molecule has 2 rings (SSSR count). The summed E-state index contributed by atoms with van der Waals surface area (Å²) in [5.41, 5.74) is 1.04. The highest BCUT2D eigenvalue weighted by Crippen LogP contribution is 2.19. The number of anilines is 1. The van der Waals surface area contributed by atoms with Crippen LogP contribution in [0.3, 0.4) is 0 Å². The first-order chi connectivity index (χ1) is 10.5. The molecular weight excluding hydrogens is 330 g/mol. The first-order valence-corrected chi connectivity index (χ1v) is 7.00. The van der Waals surface area contributed by atoms with Gasteiger partial charge in [-0.15, -0.1) is 0 Å². The summed E-state index contributed by atoms with van der Waals surface area (Å²) in [5, 5.41) is 5.24. The Morgan fingerprint density at radius 3 is 2.32 bits per heavy atom. The Kier molecular flexibility index (Phi) is 5.35. The minimum Gasteiger partial charge on any atom is -0.344 e. The summed E-state index contributed by atoms with van der Waals surface area (Å²) in [6, 6.07) is 10.5. The number of rotatable bonds is 3. The number of hydrogen-bond donors (Lipinski definition) is 2. The van der Waals surface area contributed by atoms with E-state index in [1.807, 2.05) is 0 Å². The summed E-state index contributed by atoms with van der Waals surface area (Å²) in [6.45, 7) is 0.188. The number of nitrogens with one attached hydrogen (secondary N) is 2. The minimum absolute atomic E-state index is 0.139. The molecule has 0 heterocycles. The molecule has 0 radical (unpaired) electrons. The van der Waals surface area contributed by atoms with Gasteiger partial charge in [0.15, 0.2) is 0 Å². The second-order valence-electron chi connectivity index (χ2n) is 4.39. The molecule has 7 heteroatoms. The molecule has 0 spiro atoms. The van der Waals surface area contributed by atoms with E-state index in [4.69, 9.17) is 23.2 Å². The zero-order valence-electron chi connectivity index (χ0n) is 11.2. The molecule has 0 aliphatic heterocycles. The molecule has 0 saturated carbocycles. The van der Waals surface area contributed by atoms with E-state index in [-0.39, 0.29) is 17.3 Å². The van der Waals surface area contributed by atoms with Crippen LogP contribution >= 0.6 is 23.2 Å². The van der Waals surface area contributed by atoms with Crippen LogP contribution in [0, 0.1) is 5.82 Å². The molecule has 2 N–H and O–H groups in total. The summed E-state index contributed by atoms with van der Waals surface area (Å²) < 4.78 is 13.0. The molecule has 22 heavy (non-hydrogen) atoms. The van der Waals surface area contributed by atoms with E-state index in [2.05, 4.69) is 10.6 Å². The first-order valence-electron chi connectivity index (χ1n) is 6.24. The predicted octanol–water partition coefficient (Wildman–Crippen LogP) is 3.39. The Morgan fingerprint density at radius 2 is 1.68 bits per heavy atom. The summed E-state index contributed by atoms with van der Waals surface area (Å²) >= 11 is 11.3. The van der Waals surface area contributed by atoms with Crippen molar-refractivity contribution in [3.8, 4) is 0 Å². The molecule has 0 saturated heterocycles.